The van der Waals surface area contributed by atoms with E-state index < -0.39 is 35.7 Å². The molecule has 3 aromatic rings. The van der Waals surface area contributed by atoms with Crippen LogP contribution in [0.25, 0.3) is 0 Å². The molecule has 33 heavy (non-hydrogen) atoms. The first-order valence-electron chi connectivity index (χ1n) is 9.24. The molecule has 0 fully saturated rings. The summed E-state index contributed by atoms with van der Waals surface area (Å²) in [6.45, 7) is 3.48. The number of nitrogens with two attached hydrogens (primary N) is 1. The predicted molar refractivity (Wildman–Crippen MR) is 121 cm³/mol. The van der Waals surface area contributed by atoms with Gasteiger partial charge in [-0.25, -0.2) is 0 Å². The molecule has 3 aromatic carbocycles. The minimum absolute atomic E-state index is 0.345. The number of rotatable bonds is 6. The van der Waals surface area contributed by atoms with Gasteiger partial charge in [-0.05, 0) is 79.6 Å². The van der Waals surface area contributed by atoms with Gasteiger partial charge in [0.15, 0.2) is 0 Å². The van der Waals surface area contributed by atoms with Crippen LogP contribution in [-0.4, -0.2) is 25.9 Å². The Kier molecular flexibility index (Phi) is 6.69. The van der Waals surface area contributed by atoms with Crippen molar-refractivity contribution in [2.75, 3.05) is 5.73 Å². The third kappa shape index (κ3) is 6.04. The van der Waals surface area contributed by atoms with Gasteiger partial charge in [-0.3, -0.25) is 9.11 Å². The van der Waals surface area contributed by atoms with Crippen molar-refractivity contribution >= 4 is 48.7 Å². The van der Waals surface area contributed by atoms with Crippen molar-refractivity contribution < 1.29 is 25.9 Å². The number of aryl methyl sites for hydroxylation is 2. The largest absolute Gasteiger partial charge is 0.399 e. The Morgan fingerprint density at radius 2 is 1.18 bits per heavy atom. The Morgan fingerprint density at radius 3 is 1.70 bits per heavy atom. The monoisotopic (exact) mass is 489 g/mol. The summed E-state index contributed by atoms with van der Waals surface area (Å²) >= 11 is 0. The van der Waals surface area contributed by atoms with E-state index in [0.717, 1.165) is 18.2 Å². The zero-order valence-corrected chi connectivity index (χ0v) is 19.0. The summed E-state index contributed by atoms with van der Waals surface area (Å²) in [4.78, 5) is -1.27. The molecular weight excluding hydrogens is 470 g/mol. The van der Waals surface area contributed by atoms with Crippen LogP contribution in [0.15, 0.2) is 84.8 Å². The van der Waals surface area contributed by atoms with E-state index in [2.05, 4.69) is 20.5 Å². The van der Waals surface area contributed by atoms with E-state index >= 15 is 0 Å². The van der Waals surface area contributed by atoms with Crippen molar-refractivity contribution in [3.63, 3.8) is 0 Å². The van der Waals surface area contributed by atoms with E-state index in [-0.39, 0.29) is 0 Å². The molecule has 172 valence electrons. The number of hydrogen-bond acceptors (Lipinski definition) is 9. The normalized spacial score (nSPS) is 12.6. The van der Waals surface area contributed by atoms with Gasteiger partial charge in [-0.2, -0.15) is 32.2 Å². The number of nitrogens with zero attached hydrogens (tertiary/aromatic N) is 4. The maximum absolute atomic E-state index is 11.6. The van der Waals surface area contributed by atoms with Crippen molar-refractivity contribution in [1.29, 1.82) is 0 Å². The summed E-state index contributed by atoms with van der Waals surface area (Å²) in [5.74, 6) is 0. The summed E-state index contributed by atoms with van der Waals surface area (Å²) in [5.41, 5.74) is 8.62. The zero-order valence-electron chi connectivity index (χ0n) is 17.4. The van der Waals surface area contributed by atoms with Gasteiger partial charge < -0.3 is 5.73 Å². The lowest BCUT2D eigenvalue weighted by Crippen LogP contribution is -2.02. The first-order valence-corrected chi connectivity index (χ1v) is 12.1. The highest BCUT2D eigenvalue weighted by molar-refractivity contribution is 7.86. The molecule has 0 aliphatic carbocycles. The maximum Gasteiger partial charge on any atom is 0.296 e. The fraction of sp³-hybridized carbons (Fsp3) is 0.100. The first kappa shape index (κ1) is 24.1. The highest BCUT2D eigenvalue weighted by atomic mass is 32.2. The molecule has 4 N–H and O–H groups in total. The van der Waals surface area contributed by atoms with Crippen molar-refractivity contribution in [1.82, 2.24) is 0 Å². The molecule has 3 rings (SSSR count). The summed E-state index contributed by atoms with van der Waals surface area (Å²) in [6, 6.07) is 12.6. The van der Waals surface area contributed by atoms with Crippen LogP contribution in [-0.2, 0) is 20.2 Å². The second kappa shape index (κ2) is 9.15. The van der Waals surface area contributed by atoms with E-state index in [0.29, 0.717) is 33.9 Å². The average molecular weight is 490 g/mol. The molecule has 0 aliphatic rings. The van der Waals surface area contributed by atoms with Gasteiger partial charge in [0.2, 0.25) is 0 Å². The van der Waals surface area contributed by atoms with Crippen LogP contribution in [0.5, 0.6) is 0 Å². The molecule has 0 aromatic heterocycles. The summed E-state index contributed by atoms with van der Waals surface area (Å²) in [5, 5.41) is 16.2. The van der Waals surface area contributed by atoms with Crippen LogP contribution >= 0.6 is 0 Å². The molecule has 0 heterocycles. The second-order valence-corrected chi connectivity index (χ2v) is 9.81. The third-order valence-electron chi connectivity index (χ3n) is 4.45. The van der Waals surface area contributed by atoms with Crippen LogP contribution in [0.2, 0.25) is 0 Å². The highest BCUT2D eigenvalue weighted by Crippen LogP contribution is 2.33. The van der Waals surface area contributed by atoms with Gasteiger partial charge in [-0.1, -0.05) is 0 Å². The molecule has 0 saturated carbocycles. The van der Waals surface area contributed by atoms with E-state index in [1.54, 1.807) is 50.2 Å². The van der Waals surface area contributed by atoms with Crippen molar-refractivity contribution in [2.24, 2.45) is 20.5 Å². The van der Waals surface area contributed by atoms with Crippen LogP contribution in [0, 0.1) is 13.8 Å². The topological polar surface area (TPSA) is 184 Å². The number of anilines is 1. The first-order chi connectivity index (χ1) is 15.3. The van der Waals surface area contributed by atoms with Crippen LogP contribution in [0.1, 0.15) is 11.1 Å². The fourth-order valence-corrected chi connectivity index (χ4v) is 3.82. The van der Waals surface area contributed by atoms with Gasteiger partial charge in [-0.15, -0.1) is 5.11 Å². The number of azo groups is 2. The Labute approximate surface area is 190 Å². The molecule has 0 atom stereocenters. The molecule has 0 bridgehead atoms. The van der Waals surface area contributed by atoms with Crippen molar-refractivity contribution in [2.45, 2.75) is 23.6 Å². The molecule has 0 saturated heterocycles. The fourth-order valence-electron chi connectivity index (χ4n) is 2.72. The molecule has 0 radical (unpaired) electrons. The Hall–Kier alpha value is -3.52. The molecular formula is C20H19N5O6S2. The van der Waals surface area contributed by atoms with Crippen LogP contribution in [0.3, 0.4) is 0 Å². The summed E-state index contributed by atoms with van der Waals surface area (Å²) < 4.78 is 64.6. The van der Waals surface area contributed by atoms with Gasteiger partial charge >= 0.3 is 0 Å². The van der Waals surface area contributed by atoms with E-state index in [9.17, 15) is 25.9 Å². The standard InChI is InChI=1S/C20H19N5O6S2/c1-12-10-18(13(2)9-17(12)23-22-15-5-3-14(21)4-6-15)24-25-19-11-16(32(26,27)28)7-8-20(19)33(29,30)31/h3-11H,21H2,1-2H3,(H,26,27,28)(H,29,30,31). The third-order valence-corrected chi connectivity index (χ3v) is 6.20. The smallest absolute Gasteiger partial charge is 0.296 e. The summed E-state index contributed by atoms with van der Waals surface area (Å²) in [7, 11) is -9.36. The minimum Gasteiger partial charge on any atom is -0.399 e. The molecule has 0 unspecified atom stereocenters. The van der Waals surface area contributed by atoms with Crippen LogP contribution < -0.4 is 5.73 Å². The molecule has 0 spiro atoms. The van der Waals surface area contributed by atoms with E-state index in [1.807, 2.05) is 0 Å². The molecule has 0 amide bonds. The van der Waals surface area contributed by atoms with E-state index in [1.165, 1.54) is 0 Å². The maximum atomic E-state index is 11.6. The lowest BCUT2D eigenvalue weighted by molar-refractivity contribution is 0.478. The van der Waals surface area contributed by atoms with Crippen molar-refractivity contribution in [3.8, 4) is 0 Å². The Morgan fingerprint density at radius 1 is 0.667 bits per heavy atom. The van der Waals surface area contributed by atoms with Gasteiger partial charge in [0, 0.05) is 5.69 Å². The van der Waals surface area contributed by atoms with Gasteiger partial charge in [0.1, 0.15) is 10.6 Å². The highest BCUT2D eigenvalue weighted by Gasteiger charge is 2.20. The van der Waals surface area contributed by atoms with Gasteiger partial charge in [0.05, 0.1) is 22.0 Å². The lowest BCUT2D eigenvalue weighted by Gasteiger charge is -2.06. The quantitative estimate of drug-likeness (QED) is 0.241. The molecule has 11 nitrogen and oxygen atoms in total. The zero-order chi connectivity index (χ0) is 24.4. The van der Waals surface area contributed by atoms with Crippen LogP contribution in [0.4, 0.5) is 28.4 Å². The number of hydrogen-bond donors (Lipinski definition) is 3. The second-order valence-electron chi connectivity index (χ2n) is 7.00. The predicted octanol–water partition coefficient (Wildman–Crippen LogP) is 5.21. The number of benzene rings is 3. The lowest BCUT2D eigenvalue weighted by atomic mass is 10.1. The average Bonchev–Trinajstić information content (AvgIpc) is 2.72. The van der Waals surface area contributed by atoms with E-state index in [4.69, 9.17) is 5.73 Å². The molecule has 0 aliphatic heterocycles. The minimum atomic E-state index is -4.73. The number of nitrogen functional groups attached to an aromatic ring is 1. The van der Waals surface area contributed by atoms with Crippen molar-refractivity contribution in [3.05, 3.63) is 65.7 Å². The molecule has 13 heteroatoms. The van der Waals surface area contributed by atoms with Gasteiger partial charge in [0.25, 0.3) is 20.2 Å². The Bertz CT molecular complexity index is 1480. The summed E-state index contributed by atoms with van der Waals surface area (Å²) in [6.07, 6.45) is 0. The SMILES string of the molecule is Cc1cc(N=Nc2cc(S(=O)(=O)O)ccc2S(=O)(=O)O)c(C)cc1N=Nc1ccc(N)cc1. The Balaban J connectivity index is 1.98.